The maximum atomic E-state index is 9.30. The minimum atomic E-state index is -0.467. The summed E-state index contributed by atoms with van der Waals surface area (Å²) in [6.45, 7) is 1.95. The van der Waals surface area contributed by atoms with Gasteiger partial charge in [-0.05, 0) is 45.5 Å². The van der Waals surface area contributed by atoms with Gasteiger partial charge in [0.15, 0.2) is 0 Å². The summed E-state index contributed by atoms with van der Waals surface area (Å²) < 4.78 is 10.5. The van der Waals surface area contributed by atoms with Gasteiger partial charge in [0.25, 0.3) is 0 Å². The molecule has 104 valence electrons. The molecule has 0 aliphatic carbocycles. The van der Waals surface area contributed by atoms with Crippen molar-refractivity contribution in [2.45, 2.75) is 25.3 Å². The van der Waals surface area contributed by atoms with Crippen LogP contribution < -0.4 is 9.47 Å². The second-order valence-electron chi connectivity index (χ2n) is 4.96. The van der Waals surface area contributed by atoms with E-state index < -0.39 is 5.54 Å². The first kappa shape index (κ1) is 15.3. The molecule has 0 fully saturated rings. The van der Waals surface area contributed by atoms with Crippen LogP contribution in [0.2, 0.25) is 0 Å². The predicted molar refractivity (Wildman–Crippen MR) is 75.6 cm³/mol. The molecule has 1 aromatic carbocycles. The second kappa shape index (κ2) is 6.44. The van der Waals surface area contributed by atoms with Gasteiger partial charge >= 0.3 is 0 Å². The fourth-order valence-corrected chi connectivity index (χ4v) is 1.82. The lowest BCUT2D eigenvalue weighted by Gasteiger charge is -2.29. The van der Waals surface area contributed by atoms with Gasteiger partial charge in [0.05, 0.1) is 20.3 Å². The van der Waals surface area contributed by atoms with Crippen molar-refractivity contribution in [1.29, 1.82) is 5.26 Å². The van der Waals surface area contributed by atoms with Crippen molar-refractivity contribution in [2.75, 3.05) is 28.3 Å². The standard InChI is InChI=1S/C15H22N2O2/c1-15(11-16,17(2)3)9-8-12-6-7-13(18-4)10-14(12)19-5/h6-7,10H,8-9H2,1-5H3. The van der Waals surface area contributed by atoms with E-state index in [0.29, 0.717) is 0 Å². The van der Waals surface area contributed by atoms with Crippen LogP contribution in [0.3, 0.4) is 0 Å². The summed E-state index contributed by atoms with van der Waals surface area (Å²) in [5, 5.41) is 9.30. The minimum absolute atomic E-state index is 0.467. The Labute approximate surface area is 115 Å². The van der Waals surface area contributed by atoms with Crippen molar-refractivity contribution in [3.63, 3.8) is 0 Å². The van der Waals surface area contributed by atoms with Gasteiger partial charge in [-0.2, -0.15) is 5.26 Å². The van der Waals surface area contributed by atoms with Crippen LogP contribution in [0, 0.1) is 11.3 Å². The average Bonchev–Trinajstić information content (AvgIpc) is 2.44. The molecule has 4 nitrogen and oxygen atoms in total. The van der Waals surface area contributed by atoms with Gasteiger partial charge < -0.3 is 9.47 Å². The molecule has 0 saturated heterocycles. The Bertz CT molecular complexity index is 466. The Balaban J connectivity index is 2.86. The van der Waals surface area contributed by atoms with Gasteiger partial charge in [0.2, 0.25) is 0 Å². The summed E-state index contributed by atoms with van der Waals surface area (Å²) in [6.07, 6.45) is 1.54. The monoisotopic (exact) mass is 262 g/mol. The lowest BCUT2D eigenvalue weighted by atomic mass is 9.93. The summed E-state index contributed by atoms with van der Waals surface area (Å²) in [7, 11) is 7.13. The summed E-state index contributed by atoms with van der Waals surface area (Å²) >= 11 is 0. The Morgan fingerprint density at radius 1 is 1.26 bits per heavy atom. The van der Waals surface area contributed by atoms with Gasteiger partial charge in [0.1, 0.15) is 17.0 Å². The predicted octanol–water partition coefficient (Wildman–Crippen LogP) is 2.48. The van der Waals surface area contributed by atoms with E-state index in [-0.39, 0.29) is 0 Å². The zero-order valence-electron chi connectivity index (χ0n) is 12.4. The van der Waals surface area contributed by atoms with E-state index >= 15 is 0 Å². The van der Waals surface area contributed by atoms with Crippen LogP contribution in [0.4, 0.5) is 0 Å². The van der Waals surface area contributed by atoms with E-state index in [9.17, 15) is 5.26 Å². The molecular weight excluding hydrogens is 240 g/mol. The van der Waals surface area contributed by atoms with Crippen molar-refractivity contribution >= 4 is 0 Å². The number of aryl methyl sites for hydroxylation is 1. The number of benzene rings is 1. The molecule has 0 radical (unpaired) electrons. The maximum Gasteiger partial charge on any atom is 0.125 e. The molecule has 1 aromatic rings. The van der Waals surface area contributed by atoms with Crippen LogP contribution in [0.25, 0.3) is 0 Å². The molecule has 0 aromatic heterocycles. The molecule has 0 aliphatic rings. The summed E-state index contributed by atoms with van der Waals surface area (Å²) in [5.41, 5.74) is 0.622. The third-order valence-corrected chi connectivity index (χ3v) is 3.60. The Morgan fingerprint density at radius 2 is 1.95 bits per heavy atom. The Hall–Kier alpha value is -1.73. The van der Waals surface area contributed by atoms with Crippen LogP contribution in [-0.2, 0) is 6.42 Å². The van der Waals surface area contributed by atoms with Crippen LogP contribution in [0.1, 0.15) is 18.9 Å². The SMILES string of the molecule is COc1ccc(CCC(C)(C#N)N(C)C)c(OC)c1. The smallest absolute Gasteiger partial charge is 0.125 e. The molecule has 0 N–H and O–H groups in total. The molecule has 0 spiro atoms. The molecule has 1 atom stereocenters. The lowest BCUT2D eigenvalue weighted by molar-refractivity contribution is 0.223. The van der Waals surface area contributed by atoms with Crippen molar-refractivity contribution in [3.8, 4) is 17.6 Å². The lowest BCUT2D eigenvalue weighted by Crippen LogP contribution is -2.40. The number of ether oxygens (including phenoxy) is 2. The number of nitriles is 1. The summed E-state index contributed by atoms with van der Waals surface area (Å²) in [4.78, 5) is 1.95. The fourth-order valence-electron chi connectivity index (χ4n) is 1.82. The Morgan fingerprint density at radius 3 is 2.42 bits per heavy atom. The highest BCUT2D eigenvalue weighted by Gasteiger charge is 2.26. The van der Waals surface area contributed by atoms with E-state index in [1.165, 1.54) is 0 Å². The van der Waals surface area contributed by atoms with E-state index in [0.717, 1.165) is 29.9 Å². The van der Waals surface area contributed by atoms with Crippen LogP contribution >= 0.6 is 0 Å². The third-order valence-electron chi connectivity index (χ3n) is 3.60. The first-order valence-electron chi connectivity index (χ1n) is 6.26. The second-order valence-corrected chi connectivity index (χ2v) is 4.96. The molecule has 19 heavy (non-hydrogen) atoms. The Kier molecular flexibility index (Phi) is 5.20. The molecule has 0 amide bonds. The van der Waals surface area contributed by atoms with E-state index in [1.807, 2.05) is 44.1 Å². The first-order chi connectivity index (χ1) is 8.96. The minimum Gasteiger partial charge on any atom is -0.497 e. The van der Waals surface area contributed by atoms with Crippen molar-refractivity contribution < 1.29 is 9.47 Å². The fraction of sp³-hybridized carbons (Fsp3) is 0.533. The highest BCUT2D eigenvalue weighted by atomic mass is 16.5. The van der Waals surface area contributed by atoms with Gasteiger partial charge in [-0.3, -0.25) is 4.90 Å². The quantitative estimate of drug-likeness (QED) is 0.790. The highest BCUT2D eigenvalue weighted by molar-refractivity contribution is 5.41. The normalized spacial score (nSPS) is 13.7. The highest BCUT2D eigenvalue weighted by Crippen LogP contribution is 2.28. The number of methoxy groups -OCH3 is 2. The van der Waals surface area contributed by atoms with E-state index in [2.05, 4.69) is 6.07 Å². The molecule has 0 saturated carbocycles. The zero-order valence-corrected chi connectivity index (χ0v) is 12.4. The number of rotatable bonds is 6. The van der Waals surface area contributed by atoms with Crippen LogP contribution in [0.5, 0.6) is 11.5 Å². The molecule has 1 unspecified atom stereocenters. The molecule has 0 heterocycles. The summed E-state index contributed by atoms with van der Waals surface area (Å²) in [6, 6.07) is 8.14. The van der Waals surface area contributed by atoms with Crippen LogP contribution in [0.15, 0.2) is 18.2 Å². The number of hydrogen-bond donors (Lipinski definition) is 0. The third kappa shape index (κ3) is 3.62. The van der Waals surface area contributed by atoms with Crippen molar-refractivity contribution in [3.05, 3.63) is 23.8 Å². The van der Waals surface area contributed by atoms with Gasteiger partial charge in [-0.15, -0.1) is 0 Å². The van der Waals surface area contributed by atoms with Crippen molar-refractivity contribution in [1.82, 2.24) is 4.90 Å². The van der Waals surface area contributed by atoms with Gasteiger partial charge in [-0.25, -0.2) is 0 Å². The zero-order chi connectivity index (χ0) is 14.5. The number of nitrogens with zero attached hydrogens (tertiary/aromatic N) is 2. The largest absolute Gasteiger partial charge is 0.497 e. The topological polar surface area (TPSA) is 45.5 Å². The van der Waals surface area contributed by atoms with Crippen LogP contribution in [-0.4, -0.2) is 38.8 Å². The van der Waals surface area contributed by atoms with Gasteiger partial charge in [0, 0.05) is 6.07 Å². The summed E-state index contributed by atoms with van der Waals surface area (Å²) in [5.74, 6) is 1.58. The first-order valence-corrected chi connectivity index (χ1v) is 6.26. The van der Waals surface area contributed by atoms with Crippen molar-refractivity contribution in [2.24, 2.45) is 0 Å². The molecule has 4 heteroatoms. The van der Waals surface area contributed by atoms with E-state index in [4.69, 9.17) is 9.47 Å². The molecule has 0 aliphatic heterocycles. The van der Waals surface area contributed by atoms with Gasteiger partial charge in [-0.1, -0.05) is 6.07 Å². The van der Waals surface area contributed by atoms with E-state index in [1.54, 1.807) is 14.2 Å². The molecule has 0 bridgehead atoms. The number of hydrogen-bond acceptors (Lipinski definition) is 4. The average molecular weight is 262 g/mol. The molecule has 1 rings (SSSR count). The maximum absolute atomic E-state index is 9.30. The molecular formula is C15H22N2O2.